The van der Waals surface area contributed by atoms with E-state index in [9.17, 15) is 0 Å². The number of nitrogens with two attached hydrogens (primary N) is 1. The van der Waals surface area contributed by atoms with Crippen LogP contribution in [0.3, 0.4) is 0 Å². The van der Waals surface area contributed by atoms with Gasteiger partial charge in [-0.25, -0.2) is 9.50 Å². The molecule has 0 bridgehead atoms. The van der Waals surface area contributed by atoms with E-state index in [1.54, 1.807) is 0 Å². The fourth-order valence-electron chi connectivity index (χ4n) is 5.56. The molecule has 2 aliphatic rings. The van der Waals surface area contributed by atoms with Crippen molar-refractivity contribution in [1.29, 1.82) is 0 Å². The fourth-order valence-corrected chi connectivity index (χ4v) is 5.56. The van der Waals surface area contributed by atoms with E-state index in [0.717, 1.165) is 86.8 Å². The van der Waals surface area contributed by atoms with Crippen molar-refractivity contribution in [3.05, 3.63) is 54.5 Å². The Bertz CT molecular complexity index is 1340. The average Bonchev–Trinajstić information content (AvgIpc) is 3.56. The quantitative estimate of drug-likeness (QED) is 0.445. The van der Waals surface area contributed by atoms with Gasteiger partial charge in [0.2, 0.25) is 0 Å². The second-order valence-electron chi connectivity index (χ2n) is 9.76. The molecule has 1 aromatic carbocycles. The first-order valence-corrected chi connectivity index (χ1v) is 12.8. The Kier molecular flexibility index (Phi) is 6.43. The normalized spacial score (nSPS) is 18.6. The summed E-state index contributed by atoms with van der Waals surface area (Å²) < 4.78 is 15.1. The molecule has 6 rings (SSSR count). The summed E-state index contributed by atoms with van der Waals surface area (Å²) in [5.41, 5.74) is 12.7. The highest BCUT2D eigenvalue weighted by Crippen LogP contribution is 2.37. The molecule has 4 aromatic rings. The van der Waals surface area contributed by atoms with E-state index in [1.165, 1.54) is 11.9 Å². The molecule has 1 atom stereocenters. The molecule has 9 nitrogen and oxygen atoms in total. The molecular weight excluding hydrogens is 454 g/mol. The highest BCUT2D eigenvalue weighted by molar-refractivity contribution is 5.90. The molecule has 188 valence electrons. The van der Waals surface area contributed by atoms with E-state index in [0.29, 0.717) is 17.9 Å². The van der Waals surface area contributed by atoms with E-state index < -0.39 is 0 Å². The van der Waals surface area contributed by atoms with E-state index >= 15 is 0 Å². The molecular formula is C27H33N7O2. The smallest absolute Gasteiger partial charge is 0.152 e. The van der Waals surface area contributed by atoms with Gasteiger partial charge in [0.15, 0.2) is 5.82 Å². The van der Waals surface area contributed by atoms with Gasteiger partial charge in [0, 0.05) is 49.7 Å². The van der Waals surface area contributed by atoms with Crippen molar-refractivity contribution in [2.45, 2.75) is 38.3 Å². The van der Waals surface area contributed by atoms with Crippen LogP contribution >= 0.6 is 0 Å². The highest BCUT2D eigenvalue weighted by Gasteiger charge is 2.24. The summed E-state index contributed by atoms with van der Waals surface area (Å²) in [4.78, 5) is 6.82. The van der Waals surface area contributed by atoms with Crippen molar-refractivity contribution in [2.75, 3.05) is 45.3 Å². The summed E-state index contributed by atoms with van der Waals surface area (Å²) in [7, 11) is 0. The lowest BCUT2D eigenvalue weighted by atomic mass is 10.0. The first-order chi connectivity index (χ1) is 17.7. The van der Waals surface area contributed by atoms with Gasteiger partial charge in [0.1, 0.15) is 11.8 Å². The number of benzene rings is 1. The number of aromatic nitrogens is 5. The average molecular weight is 488 g/mol. The SMILES string of the molecule is CC(Cc1cccc(-c2cc(-c3ccnn3C3CCOCC3)c3c(N)ncnn23)c1)N1CCOCC1. The first-order valence-electron chi connectivity index (χ1n) is 12.8. The van der Waals surface area contributed by atoms with E-state index in [2.05, 4.69) is 68.1 Å². The van der Waals surface area contributed by atoms with Gasteiger partial charge < -0.3 is 15.2 Å². The van der Waals surface area contributed by atoms with Crippen LogP contribution in [0.15, 0.2) is 48.9 Å². The summed E-state index contributed by atoms with van der Waals surface area (Å²) in [5.74, 6) is 0.461. The highest BCUT2D eigenvalue weighted by atomic mass is 16.5. The number of ether oxygens (including phenoxy) is 2. The number of anilines is 1. The van der Waals surface area contributed by atoms with Crippen molar-refractivity contribution >= 4 is 11.3 Å². The minimum absolute atomic E-state index is 0.304. The monoisotopic (exact) mass is 487 g/mol. The third kappa shape index (κ3) is 4.38. The maximum absolute atomic E-state index is 6.42. The lowest BCUT2D eigenvalue weighted by molar-refractivity contribution is 0.0203. The zero-order valence-corrected chi connectivity index (χ0v) is 20.7. The Hall–Kier alpha value is -3.27. The van der Waals surface area contributed by atoms with Gasteiger partial charge in [-0.2, -0.15) is 10.2 Å². The summed E-state index contributed by atoms with van der Waals surface area (Å²) >= 11 is 0. The van der Waals surface area contributed by atoms with Gasteiger partial charge in [0.05, 0.1) is 30.6 Å². The lowest BCUT2D eigenvalue weighted by Gasteiger charge is -2.32. The van der Waals surface area contributed by atoms with Crippen LogP contribution in [0, 0.1) is 0 Å². The number of nitrogens with zero attached hydrogens (tertiary/aromatic N) is 6. The number of fused-ring (bicyclic) bond motifs is 1. The van der Waals surface area contributed by atoms with Crippen LogP contribution in [0.4, 0.5) is 5.82 Å². The molecule has 0 spiro atoms. The van der Waals surface area contributed by atoms with Crippen molar-refractivity contribution in [3.8, 4) is 22.5 Å². The Balaban J connectivity index is 1.38. The standard InChI is InChI=1S/C27H33N7O2/c1-19(32-9-13-36-14-10-32)15-20-3-2-4-21(16-20)25-17-23(26-27(28)29-18-31-34(25)26)24-5-8-30-33(24)22-6-11-35-12-7-22/h2-5,8,16-19,22H,6-7,9-15H2,1H3,(H2,28,29,31). The van der Waals surface area contributed by atoms with Crippen LogP contribution in [0.1, 0.15) is 31.4 Å². The van der Waals surface area contributed by atoms with Crippen molar-refractivity contribution in [2.24, 2.45) is 0 Å². The zero-order valence-electron chi connectivity index (χ0n) is 20.7. The maximum atomic E-state index is 6.42. The van der Waals surface area contributed by atoms with Crippen molar-refractivity contribution < 1.29 is 9.47 Å². The van der Waals surface area contributed by atoms with Gasteiger partial charge in [-0.3, -0.25) is 9.58 Å². The predicted octanol–water partition coefficient (Wildman–Crippen LogP) is 3.46. The Labute approximate surface area is 210 Å². The number of morpholine rings is 1. The van der Waals surface area contributed by atoms with Crippen LogP contribution in [0.25, 0.3) is 28.0 Å². The van der Waals surface area contributed by atoms with Crippen LogP contribution < -0.4 is 5.73 Å². The van der Waals surface area contributed by atoms with Gasteiger partial charge in [-0.05, 0) is 49.9 Å². The van der Waals surface area contributed by atoms with Crippen LogP contribution in [0.2, 0.25) is 0 Å². The Morgan fingerprint density at radius 3 is 2.64 bits per heavy atom. The molecule has 36 heavy (non-hydrogen) atoms. The minimum Gasteiger partial charge on any atom is -0.382 e. The molecule has 2 aliphatic heterocycles. The number of hydrogen-bond acceptors (Lipinski definition) is 7. The second-order valence-corrected chi connectivity index (χ2v) is 9.76. The van der Waals surface area contributed by atoms with E-state index in [-0.39, 0.29) is 0 Å². The van der Waals surface area contributed by atoms with Crippen molar-refractivity contribution in [3.63, 3.8) is 0 Å². The number of hydrogen-bond donors (Lipinski definition) is 1. The topological polar surface area (TPSA) is 95.7 Å². The molecule has 9 heteroatoms. The molecule has 5 heterocycles. The molecule has 2 N–H and O–H groups in total. The third-order valence-electron chi connectivity index (χ3n) is 7.49. The molecule has 0 aliphatic carbocycles. The summed E-state index contributed by atoms with van der Waals surface area (Å²) in [5, 5.41) is 9.29. The molecule has 2 saturated heterocycles. The van der Waals surface area contributed by atoms with Crippen LogP contribution in [-0.2, 0) is 15.9 Å². The summed E-state index contributed by atoms with van der Waals surface area (Å²) in [6, 6.07) is 13.7. The second kappa shape index (κ2) is 10.0. The van der Waals surface area contributed by atoms with E-state index in [1.807, 2.05) is 10.7 Å². The Morgan fingerprint density at radius 1 is 1.00 bits per heavy atom. The Morgan fingerprint density at radius 2 is 1.81 bits per heavy atom. The van der Waals surface area contributed by atoms with E-state index in [4.69, 9.17) is 15.2 Å². The number of rotatable bonds is 6. The maximum Gasteiger partial charge on any atom is 0.152 e. The predicted molar refractivity (Wildman–Crippen MR) is 139 cm³/mol. The zero-order chi connectivity index (χ0) is 24.5. The fraction of sp³-hybridized carbons (Fsp3) is 0.444. The number of nitrogen functional groups attached to an aromatic ring is 1. The molecule has 2 fully saturated rings. The molecule has 3 aromatic heterocycles. The van der Waals surface area contributed by atoms with Crippen molar-refractivity contribution in [1.82, 2.24) is 29.3 Å². The molecule has 0 radical (unpaired) electrons. The third-order valence-corrected chi connectivity index (χ3v) is 7.49. The largest absolute Gasteiger partial charge is 0.382 e. The van der Waals surface area contributed by atoms with Crippen LogP contribution in [-0.4, -0.2) is 74.8 Å². The van der Waals surface area contributed by atoms with Gasteiger partial charge >= 0.3 is 0 Å². The van der Waals surface area contributed by atoms with Gasteiger partial charge in [0.25, 0.3) is 0 Å². The minimum atomic E-state index is 0.304. The first kappa shape index (κ1) is 23.1. The molecule has 0 amide bonds. The van der Waals surface area contributed by atoms with Gasteiger partial charge in [-0.1, -0.05) is 18.2 Å². The summed E-state index contributed by atoms with van der Waals surface area (Å²) in [6.07, 6.45) is 6.26. The summed E-state index contributed by atoms with van der Waals surface area (Å²) in [6.45, 7) is 7.42. The van der Waals surface area contributed by atoms with Gasteiger partial charge in [-0.15, -0.1) is 0 Å². The molecule has 1 unspecified atom stereocenters. The lowest BCUT2D eigenvalue weighted by Crippen LogP contribution is -2.43. The van der Waals surface area contributed by atoms with Crippen LogP contribution in [0.5, 0.6) is 0 Å². The molecule has 0 saturated carbocycles.